The summed E-state index contributed by atoms with van der Waals surface area (Å²) in [5, 5.41) is 20.6. The molecule has 0 fully saturated rings. The van der Waals surface area contributed by atoms with E-state index in [0.717, 1.165) is 21.9 Å². The Bertz CT molecular complexity index is 1390. The fourth-order valence-electron chi connectivity index (χ4n) is 4.40. The van der Waals surface area contributed by atoms with Crippen molar-refractivity contribution in [1.82, 2.24) is 16.0 Å². The highest BCUT2D eigenvalue weighted by Gasteiger charge is 2.31. The molecule has 43 heavy (non-hydrogen) atoms. The first-order chi connectivity index (χ1) is 20.4. The Kier molecular flexibility index (Phi) is 12.1. The maximum Gasteiger partial charge on any atom is 0.408 e. The lowest BCUT2D eigenvalue weighted by Crippen LogP contribution is -2.56. The SMILES string of the molecule is CCCC(NC(=O)[C@H](Cc1ccc2ccccc2c1)NC(=O)OC(C)(C)C)C(O)C(=O)NCC(=O)OCc1ccccc1. The van der Waals surface area contributed by atoms with Crippen molar-refractivity contribution >= 4 is 34.6 Å². The molecule has 0 radical (unpaired) electrons. The van der Waals surface area contributed by atoms with E-state index < -0.39 is 54.2 Å². The van der Waals surface area contributed by atoms with Crippen molar-refractivity contribution < 1.29 is 33.8 Å². The molecule has 0 aliphatic heterocycles. The number of fused-ring (bicyclic) bond motifs is 1. The van der Waals surface area contributed by atoms with Gasteiger partial charge >= 0.3 is 12.1 Å². The maximum absolute atomic E-state index is 13.5. The maximum atomic E-state index is 13.5. The Morgan fingerprint density at radius 2 is 1.51 bits per heavy atom. The summed E-state index contributed by atoms with van der Waals surface area (Å²) in [6.45, 7) is 6.60. The first-order valence-electron chi connectivity index (χ1n) is 14.4. The van der Waals surface area contributed by atoms with Crippen LogP contribution in [0, 0.1) is 0 Å². The smallest absolute Gasteiger partial charge is 0.408 e. The molecule has 4 N–H and O–H groups in total. The second kappa shape index (κ2) is 15.7. The van der Waals surface area contributed by atoms with Gasteiger partial charge in [-0.1, -0.05) is 86.1 Å². The van der Waals surface area contributed by atoms with Gasteiger partial charge in [0.25, 0.3) is 5.91 Å². The summed E-state index contributed by atoms with van der Waals surface area (Å²) in [6, 6.07) is 20.6. The van der Waals surface area contributed by atoms with Crippen LogP contribution in [0.25, 0.3) is 10.8 Å². The van der Waals surface area contributed by atoms with Crippen molar-refractivity contribution in [3.8, 4) is 0 Å². The van der Waals surface area contributed by atoms with Crippen LogP contribution in [0.1, 0.15) is 51.7 Å². The zero-order chi connectivity index (χ0) is 31.4. The van der Waals surface area contributed by atoms with Gasteiger partial charge in [-0.25, -0.2) is 4.79 Å². The second-order valence-corrected chi connectivity index (χ2v) is 11.3. The number of nitrogens with one attached hydrogen (secondary N) is 3. The number of alkyl carbamates (subject to hydrolysis) is 1. The molecule has 230 valence electrons. The highest BCUT2D eigenvalue weighted by atomic mass is 16.6. The number of ether oxygens (including phenoxy) is 2. The number of rotatable bonds is 13. The molecule has 3 amide bonds. The predicted molar refractivity (Wildman–Crippen MR) is 163 cm³/mol. The minimum atomic E-state index is -1.64. The van der Waals surface area contributed by atoms with Crippen LogP contribution in [-0.4, -0.2) is 59.3 Å². The van der Waals surface area contributed by atoms with Crippen LogP contribution < -0.4 is 16.0 Å². The monoisotopic (exact) mass is 591 g/mol. The Hall–Kier alpha value is -4.44. The lowest BCUT2D eigenvalue weighted by Gasteiger charge is -2.27. The van der Waals surface area contributed by atoms with E-state index in [1.165, 1.54) is 0 Å². The number of amides is 3. The molecule has 0 bridgehead atoms. The summed E-state index contributed by atoms with van der Waals surface area (Å²) >= 11 is 0. The average Bonchev–Trinajstić information content (AvgIpc) is 2.97. The Balaban J connectivity index is 1.66. The number of carbonyl (C=O) groups excluding carboxylic acids is 4. The Labute approximate surface area is 252 Å². The fourth-order valence-corrected chi connectivity index (χ4v) is 4.40. The van der Waals surface area contributed by atoms with E-state index >= 15 is 0 Å². The molecule has 0 aliphatic carbocycles. The fraction of sp³-hybridized carbons (Fsp3) is 0.394. The molecule has 0 aliphatic rings. The molecule has 0 saturated heterocycles. The summed E-state index contributed by atoms with van der Waals surface area (Å²) in [7, 11) is 0. The van der Waals surface area contributed by atoms with E-state index in [1.54, 1.807) is 32.9 Å². The van der Waals surface area contributed by atoms with Crippen molar-refractivity contribution in [2.24, 2.45) is 0 Å². The highest BCUT2D eigenvalue weighted by molar-refractivity contribution is 5.89. The molecule has 0 heterocycles. The van der Waals surface area contributed by atoms with Gasteiger partial charge < -0.3 is 30.5 Å². The van der Waals surface area contributed by atoms with Gasteiger partial charge in [-0.05, 0) is 49.1 Å². The summed E-state index contributed by atoms with van der Waals surface area (Å²) in [5.41, 5.74) is 0.815. The molecular weight excluding hydrogens is 550 g/mol. The molecule has 0 spiro atoms. The summed E-state index contributed by atoms with van der Waals surface area (Å²) < 4.78 is 10.5. The van der Waals surface area contributed by atoms with E-state index in [0.29, 0.717) is 6.42 Å². The number of esters is 1. The van der Waals surface area contributed by atoms with Gasteiger partial charge in [0.1, 0.15) is 24.8 Å². The van der Waals surface area contributed by atoms with Crippen LogP contribution in [0.5, 0.6) is 0 Å². The van der Waals surface area contributed by atoms with E-state index in [4.69, 9.17) is 9.47 Å². The number of aliphatic hydroxyl groups is 1. The van der Waals surface area contributed by atoms with Gasteiger partial charge in [0, 0.05) is 6.42 Å². The third kappa shape index (κ3) is 11.1. The normalized spacial score (nSPS) is 13.3. The number of aliphatic hydroxyl groups excluding tert-OH is 1. The van der Waals surface area contributed by atoms with Gasteiger partial charge in [-0.3, -0.25) is 14.4 Å². The van der Waals surface area contributed by atoms with E-state index in [9.17, 15) is 24.3 Å². The quantitative estimate of drug-likeness (QED) is 0.222. The molecular formula is C33H41N3O7. The molecule has 3 rings (SSSR count). The molecule has 0 aromatic heterocycles. The number of hydrogen-bond acceptors (Lipinski definition) is 7. The third-order valence-electron chi connectivity index (χ3n) is 6.49. The number of hydrogen-bond donors (Lipinski definition) is 4. The Morgan fingerprint density at radius 3 is 2.19 bits per heavy atom. The van der Waals surface area contributed by atoms with Crippen molar-refractivity contribution in [2.45, 2.75) is 77.4 Å². The zero-order valence-corrected chi connectivity index (χ0v) is 25.1. The van der Waals surface area contributed by atoms with Crippen LogP contribution in [-0.2, 0) is 36.9 Å². The van der Waals surface area contributed by atoms with E-state index in [-0.39, 0.29) is 19.4 Å². The minimum Gasteiger partial charge on any atom is -0.460 e. The standard InChI is InChI=1S/C33H41N3O7/c1-5-11-26(29(38)31(40)34-20-28(37)42-21-22-12-7-6-8-13-22)35-30(39)27(36-32(41)43-33(2,3)4)19-23-16-17-24-14-9-10-15-25(24)18-23/h6-10,12-18,26-27,29,38H,5,11,19-21H2,1-4H3,(H,34,40)(H,35,39)(H,36,41)/t26?,27-,29?/m0/s1. The zero-order valence-electron chi connectivity index (χ0n) is 25.1. The average molecular weight is 592 g/mol. The van der Waals surface area contributed by atoms with Crippen molar-refractivity contribution in [2.75, 3.05) is 6.54 Å². The van der Waals surface area contributed by atoms with E-state index in [2.05, 4.69) is 16.0 Å². The predicted octanol–water partition coefficient (Wildman–Crippen LogP) is 3.78. The third-order valence-corrected chi connectivity index (χ3v) is 6.49. The Morgan fingerprint density at radius 1 is 0.837 bits per heavy atom. The minimum absolute atomic E-state index is 0.0514. The topological polar surface area (TPSA) is 143 Å². The molecule has 3 aromatic rings. The first kappa shape index (κ1) is 33.1. The summed E-state index contributed by atoms with van der Waals surface area (Å²) in [6.07, 6.45) is -1.46. The van der Waals surface area contributed by atoms with Gasteiger partial charge in [0.05, 0.1) is 6.04 Å². The second-order valence-electron chi connectivity index (χ2n) is 11.3. The van der Waals surface area contributed by atoms with Crippen LogP contribution >= 0.6 is 0 Å². The van der Waals surface area contributed by atoms with E-state index in [1.807, 2.05) is 67.6 Å². The lowest BCUT2D eigenvalue weighted by atomic mass is 10.00. The van der Waals surface area contributed by atoms with Gasteiger partial charge in [0.2, 0.25) is 5.91 Å². The molecule has 3 aromatic carbocycles. The van der Waals surface area contributed by atoms with Crippen molar-refractivity contribution in [1.29, 1.82) is 0 Å². The highest BCUT2D eigenvalue weighted by Crippen LogP contribution is 2.17. The summed E-state index contributed by atoms with van der Waals surface area (Å²) in [4.78, 5) is 51.0. The first-order valence-corrected chi connectivity index (χ1v) is 14.4. The van der Waals surface area contributed by atoms with Gasteiger partial charge in [-0.2, -0.15) is 0 Å². The van der Waals surface area contributed by atoms with Crippen LogP contribution in [0.3, 0.4) is 0 Å². The molecule has 0 saturated carbocycles. The number of benzene rings is 3. The molecule has 10 heteroatoms. The van der Waals surface area contributed by atoms with Crippen LogP contribution in [0.2, 0.25) is 0 Å². The van der Waals surface area contributed by atoms with Gasteiger partial charge in [-0.15, -0.1) is 0 Å². The largest absolute Gasteiger partial charge is 0.460 e. The molecule has 2 unspecified atom stereocenters. The van der Waals surface area contributed by atoms with Crippen LogP contribution in [0.4, 0.5) is 4.79 Å². The number of carbonyl (C=O) groups is 4. The summed E-state index contributed by atoms with van der Waals surface area (Å²) in [5.74, 6) is -2.09. The lowest BCUT2D eigenvalue weighted by molar-refractivity contribution is -0.146. The van der Waals surface area contributed by atoms with Crippen molar-refractivity contribution in [3.63, 3.8) is 0 Å². The van der Waals surface area contributed by atoms with Crippen molar-refractivity contribution in [3.05, 3.63) is 83.9 Å². The molecule has 3 atom stereocenters. The van der Waals surface area contributed by atoms with Crippen LogP contribution in [0.15, 0.2) is 72.8 Å². The molecule has 10 nitrogen and oxygen atoms in total. The van der Waals surface area contributed by atoms with Gasteiger partial charge in [0.15, 0.2) is 6.10 Å².